The van der Waals surface area contributed by atoms with Gasteiger partial charge in [0.05, 0.1) is 11.3 Å². The van der Waals surface area contributed by atoms with Gasteiger partial charge in [-0.1, -0.05) is 0 Å². The molecule has 1 aromatic carbocycles. The summed E-state index contributed by atoms with van der Waals surface area (Å²) >= 11 is 2.99. The lowest BCUT2D eigenvalue weighted by Crippen LogP contribution is -2.29. The Kier molecular flexibility index (Phi) is 4.29. The van der Waals surface area contributed by atoms with E-state index in [9.17, 15) is 21.6 Å². The van der Waals surface area contributed by atoms with Gasteiger partial charge < -0.3 is 0 Å². The normalized spacial score (nSPS) is 12.8. The molecule has 0 spiro atoms. The van der Waals surface area contributed by atoms with Crippen LogP contribution in [0.25, 0.3) is 0 Å². The fourth-order valence-corrected chi connectivity index (χ4v) is 2.12. The van der Waals surface area contributed by atoms with E-state index in [0.29, 0.717) is 0 Å². The molecule has 0 aliphatic heterocycles. The fraction of sp³-hybridized carbons (Fsp3) is 0.333. The molecule has 1 N–H and O–H groups in total. The zero-order valence-corrected chi connectivity index (χ0v) is 11.8. The molecule has 0 aliphatic rings. The minimum absolute atomic E-state index is 0.168. The van der Waals surface area contributed by atoms with Crippen molar-refractivity contribution >= 4 is 31.8 Å². The molecule has 0 unspecified atom stereocenters. The van der Waals surface area contributed by atoms with Gasteiger partial charge in [-0.2, -0.15) is 25.9 Å². The molecule has 1 aromatic rings. The minimum Gasteiger partial charge on any atom is -0.270 e. The van der Waals surface area contributed by atoms with E-state index in [0.717, 1.165) is 22.5 Å². The predicted octanol–water partition coefficient (Wildman–Crippen LogP) is 2.69. The Balaban J connectivity index is 3.18. The highest BCUT2D eigenvalue weighted by Crippen LogP contribution is 2.34. The number of nitrogens with zero attached hydrogens (tertiary/aromatic N) is 1. The average molecular weight is 347 g/mol. The van der Waals surface area contributed by atoms with Crippen LogP contribution < -0.4 is 4.72 Å². The van der Waals surface area contributed by atoms with Gasteiger partial charge >= 0.3 is 16.4 Å². The minimum atomic E-state index is -4.53. The highest BCUT2D eigenvalue weighted by molar-refractivity contribution is 9.10. The van der Waals surface area contributed by atoms with Crippen molar-refractivity contribution in [3.05, 3.63) is 28.2 Å². The third-order valence-corrected chi connectivity index (χ3v) is 4.14. The molecule has 0 fully saturated rings. The fourth-order valence-electron chi connectivity index (χ4n) is 1.01. The molecule has 0 heterocycles. The highest BCUT2D eigenvalue weighted by Gasteiger charge is 2.31. The van der Waals surface area contributed by atoms with E-state index in [1.54, 1.807) is 0 Å². The van der Waals surface area contributed by atoms with E-state index < -0.39 is 21.9 Å². The zero-order chi connectivity index (χ0) is 14.1. The monoisotopic (exact) mass is 346 g/mol. The number of alkyl halides is 3. The van der Waals surface area contributed by atoms with E-state index in [-0.39, 0.29) is 10.2 Å². The molecular weight excluding hydrogens is 337 g/mol. The third kappa shape index (κ3) is 3.59. The Bertz CT molecular complexity index is 543. The molecule has 4 nitrogen and oxygen atoms in total. The van der Waals surface area contributed by atoms with E-state index in [4.69, 9.17) is 0 Å². The highest BCUT2D eigenvalue weighted by atomic mass is 79.9. The molecule has 0 bridgehead atoms. The Morgan fingerprint density at radius 1 is 1.28 bits per heavy atom. The van der Waals surface area contributed by atoms with Crippen molar-refractivity contribution in [3.8, 4) is 0 Å². The van der Waals surface area contributed by atoms with Gasteiger partial charge in [-0.25, -0.2) is 0 Å². The van der Waals surface area contributed by atoms with E-state index in [2.05, 4.69) is 15.9 Å². The maximum Gasteiger partial charge on any atom is 0.416 e. The first kappa shape index (κ1) is 15.3. The summed E-state index contributed by atoms with van der Waals surface area (Å²) in [7, 11) is -1.31. The summed E-state index contributed by atoms with van der Waals surface area (Å²) in [5.41, 5.74) is -1.10. The Labute approximate surface area is 111 Å². The molecular formula is C9H10BrF3N2O2S. The number of hydrogen-bond donors (Lipinski definition) is 1. The smallest absolute Gasteiger partial charge is 0.270 e. The first-order valence-electron chi connectivity index (χ1n) is 4.61. The van der Waals surface area contributed by atoms with Crippen molar-refractivity contribution in [2.45, 2.75) is 6.18 Å². The molecule has 0 radical (unpaired) electrons. The predicted molar refractivity (Wildman–Crippen MR) is 65.4 cm³/mol. The lowest BCUT2D eigenvalue weighted by atomic mass is 10.2. The van der Waals surface area contributed by atoms with E-state index >= 15 is 0 Å². The van der Waals surface area contributed by atoms with Gasteiger partial charge in [-0.05, 0) is 34.1 Å². The quantitative estimate of drug-likeness (QED) is 0.914. The topological polar surface area (TPSA) is 49.4 Å². The van der Waals surface area contributed by atoms with Crippen molar-refractivity contribution in [2.75, 3.05) is 18.8 Å². The van der Waals surface area contributed by atoms with Crippen molar-refractivity contribution < 1.29 is 21.6 Å². The van der Waals surface area contributed by atoms with Crippen LogP contribution in [-0.4, -0.2) is 26.8 Å². The van der Waals surface area contributed by atoms with Crippen molar-refractivity contribution in [3.63, 3.8) is 0 Å². The summed E-state index contributed by atoms with van der Waals surface area (Å²) in [6.07, 6.45) is -4.53. The number of halogens is 4. The van der Waals surface area contributed by atoms with Crippen LogP contribution in [0.2, 0.25) is 0 Å². The first-order chi connectivity index (χ1) is 8.04. The first-order valence-corrected chi connectivity index (χ1v) is 6.84. The number of hydrogen-bond acceptors (Lipinski definition) is 2. The van der Waals surface area contributed by atoms with Gasteiger partial charge in [0.2, 0.25) is 0 Å². The molecule has 0 amide bonds. The molecule has 1 rings (SSSR count). The van der Waals surface area contributed by atoms with Crippen LogP contribution >= 0.6 is 15.9 Å². The van der Waals surface area contributed by atoms with Crippen LogP contribution in [0.15, 0.2) is 22.7 Å². The molecule has 0 saturated carbocycles. The van der Waals surface area contributed by atoms with Crippen LogP contribution in [0.5, 0.6) is 0 Å². The summed E-state index contributed by atoms with van der Waals surface area (Å²) in [4.78, 5) is 0. The van der Waals surface area contributed by atoms with Crippen LogP contribution in [0.1, 0.15) is 5.56 Å². The Hall–Kier alpha value is -0.800. The molecule has 0 atom stereocenters. The molecule has 0 aromatic heterocycles. The van der Waals surface area contributed by atoms with Gasteiger partial charge in [-0.15, -0.1) is 0 Å². The van der Waals surface area contributed by atoms with E-state index in [1.165, 1.54) is 14.1 Å². The lowest BCUT2D eigenvalue weighted by Gasteiger charge is -2.16. The van der Waals surface area contributed by atoms with Crippen LogP contribution in [0.4, 0.5) is 18.9 Å². The second-order valence-corrected chi connectivity index (χ2v) is 6.32. The Morgan fingerprint density at radius 2 is 1.83 bits per heavy atom. The number of rotatable bonds is 3. The molecule has 0 aliphatic carbocycles. The molecule has 18 heavy (non-hydrogen) atoms. The van der Waals surface area contributed by atoms with Crippen molar-refractivity contribution in [1.29, 1.82) is 0 Å². The van der Waals surface area contributed by atoms with Crippen molar-refractivity contribution in [2.24, 2.45) is 0 Å². The van der Waals surface area contributed by atoms with E-state index in [1.807, 2.05) is 4.72 Å². The second-order valence-electron chi connectivity index (χ2n) is 3.58. The molecule has 9 heteroatoms. The van der Waals surface area contributed by atoms with Gasteiger partial charge in [0, 0.05) is 18.6 Å². The number of benzene rings is 1. The van der Waals surface area contributed by atoms with Gasteiger partial charge in [0.1, 0.15) is 0 Å². The van der Waals surface area contributed by atoms with Crippen LogP contribution in [0.3, 0.4) is 0 Å². The zero-order valence-electron chi connectivity index (χ0n) is 9.42. The SMILES string of the molecule is CN(C)S(=O)(=O)Nc1cc(C(F)(F)F)ccc1Br. The molecule has 0 saturated heterocycles. The third-order valence-electron chi connectivity index (χ3n) is 2.01. The summed E-state index contributed by atoms with van der Waals surface area (Å²) in [5.74, 6) is 0. The summed E-state index contributed by atoms with van der Waals surface area (Å²) < 4.78 is 63.6. The Morgan fingerprint density at radius 3 is 2.28 bits per heavy atom. The number of nitrogens with one attached hydrogen (secondary N) is 1. The van der Waals surface area contributed by atoms with Crippen LogP contribution in [0, 0.1) is 0 Å². The largest absolute Gasteiger partial charge is 0.416 e. The summed E-state index contributed by atoms with van der Waals surface area (Å²) in [6, 6.07) is 2.72. The second kappa shape index (κ2) is 5.06. The molecule has 102 valence electrons. The maximum absolute atomic E-state index is 12.5. The summed E-state index contributed by atoms with van der Waals surface area (Å²) in [5, 5.41) is 0. The van der Waals surface area contributed by atoms with Crippen molar-refractivity contribution in [1.82, 2.24) is 4.31 Å². The van der Waals surface area contributed by atoms with Gasteiger partial charge in [0.25, 0.3) is 0 Å². The van der Waals surface area contributed by atoms with Gasteiger partial charge in [0.15, 0.2) is 0 Å². The standard InChI is InChI=1S/C9H10BrF3N2O2S/c1-15(2)18(16,17)14-8-5-6(9(11,12)13)3-4-7(8)10/h3-5,14H,1-2H3. The average Bonchev–Trinajstić information content (AvgIpc) is 2.19. The van der Waals surface area contributed by atoms with Gasteiger partial charge in [-0.3, -0.25) is 4.72 Å². The maximum atomic E-state index is 12.5. The summed E-state index contributed by atoms with van der Waals surface area (Å²) in [6.45, 7) is 0. The number of anilines is 1. The lowest BCUT2D eigenvalue weighted by molar-refractivity contribution is -0.137. The van der Waals surface area contributed by atoms with Crippen LogP contribution in [-0.2, 0) is 16.4 Å².